The molecule has 3 aromatic rings. The monoisotopic (exact) mass is 382 g/mol. The molecule has 2 N–H and O–H groups in total. The van der Waals surface area contributed by atoms with Gasteiger partial charge in [0.2, 0.25) is 5.91 Å². The molecule has 3 aromatic carbocycles. The van der Waals surface area contributed by atoms with Gasteiger partial charge in [-0.1, -0.05) is 30.3 Å². The fourth-order valence-electron chi connectivity index (χ4n) is 3.12. The first-order chi connectivity index (χ1) is 12.9. The van der Waals surface area contributed by atoms with Gasteiger partial charge in [-0.3, -0.25) is 9.10 Å². The predicted octanol–water partition coefficient (Wildman–Crippen LogP) is 2.05. The Morgan fingerprint density at radius 2 is 1.70 bits per heavy atom. The minimum Gasteiger partial charge on any atom is -0.425 e. The molecule has 0 aromatic heterocycles. The van der Waals surface area contributed by atoms with E-state index in [1.165, 1.54) is 30.3 Å². The molecule has 0 atom stereocenters. The molecule has 1 heterocycles. The average Bonchev–Trinajstić information content (AvgIpc) is 2.85. The topological polar surface area (TPSA) is 107 Å². The van der Waals surface area contributed by atoms with Crippen molar-refractivity contribution in [3.05, 3.63) is 66.2 Å². The second-order valence-electron chi connectivity index (χ2n) is 6.01. The van der Waals surface area contributed by atoms with Crippen LogP contribution in [-0.2, 0) is 14.8 Å². The van der Waals surface area contributed by atoms with Crippen LogP contribution < -0.4 is 14.8 Å². The van der Waals surface area contributed by atoms with Gasteiger partial charge in [-0.2, -0.15) is 0 Å². The zero-order valence-corrected chi connectivity index (χ0v) is 14.8. The Labute approximate surface area is 155 Å². The van der Waals surface area contributed by atoms with Gasteiger partial charge in [0.15, 0.2) is 0 Å². The van der Waals surface area contributed by atoms with Crippen LogP contribution in [0.5, 0.6) is 5.75 Å². The summed E-state index contributed by atoms with van der Waals surface area (Å²) >= 11 is 0. The van der Waals surface area contributed by atoms with Gasteiger partial charge in [0.05, 0.1) is 10.6 Å². The smallest absolute Gasteiger partial charge is 0.332 e. The van der Waals surface area contributed by atoms with Gasteiger partial charge in [0.25, 0.3) is 10.0 Å². The third-order valence-corrected chi connectivity index (χ3v) is 6.11. The number of carbonyl (C=O) groups excluding carboxylic acids is 2. The summed E-state index contributed by atoms with van der Waals surface area (Å²) in [5, 5.41) is 1.36. The van der Waals surface area contributed by atoms with Crippen molar-refractivity contribution in [2.75, 3.05) is 10.8 Å². The Hall–Kier alpha value is -3.39. The average molecular weight is 382 g/mol. The number of esters is 1. The highest BCUT2D eigenvalue weighted by Gasteiger charge is 2.37. The molecule has 0 saturated carbocycles. The van der Waals surface area contributed by atoms with Gasteiger partial charge in [-0.25, -0.2) is 13.2 Å². The van der Waals surface area contributed by atoms with Crippen molar-refractivity contribution < 1.29 is 22.7 Å². The fourth-order valence-corrected chi connectivity index (χ4v) is 4.78. The van der Waals surface area contributed by atoms with Crippen LogP contribution in [0.25, 0.3) is 10.8 Å². The van der Waals surface area contributed by atoms with E-state index in [0.29, 0.717) is 11.1 Å². The summed E-state index contributed by atoms with van der Waals surface area (Å²) in [5.74, 6) is -1.31. The maximum atomic E-state index is 12.9. The van der Waals surface area contributed by atoms with Crippen LogP contribution in [0.4, 0.5) is 5.69 Å². The second-order valence-corrected chi connectivity index (χ2v) is 7.84. The fraction of sp³-hybridized carbons (Fsp3) is 0.0526. The highest BCUT2D eigenvalue weighted by Crippen LogP contribution is 2.41. The molecule has 8 heteroatoms. The van der Waals surface area contributed by atoms with Gasteiger partial charge in [-0.05, 0) is 35.7 Å². The Bertz CT molecular complexity index is 1200. The van der Waals surface area contributed by atoms with Crippen molar-refractivity contribution in [2.24, 2.45) is 5.73 Å². The first-order valence-corrected chi connectivity index (χ1v) is 9.47. The summed E-state index contributed by atoms with van der Waals surface area (Å²) in [6.07, 6.45) is 0. The third-order valence-electron chi connectivity index (χ3n) is 4.30. The first kappa shape index (κ1) is 17.0. The minimum absolute atomic E-state index is 0.114. The molecule has 27 heavy (non-hydrogen) atoms. The molecule has 0 radical (unpaired) electrons. The summed E-state index contributed by atoms with van der Waals surface area (Å²) < 4.78 is 31.9. The zero-order chi connectivity index (χ0) is 19.2. The number of hydrogen-bond donors (Lipinski definition) is 1. The molecule has 0 spiro atoms. The maximum absolute atomic E-state index is 12.9. The molecular formula is C19H14N2O5S. The predicted molar refractivity (Wildman–Crippen MR) is 99.1 cm³/mol. The Morgan fingerprint density at radius 3 is 2.44 bits per heavy atom. The Kier molecular flexibility index (Phi) is 3.85. The van der Waals surface area contributed by atoms with E-state index >= 15 is 0 Å². The number of carbonyl (C=O) groups is 2. The summed E-state index contributed by atoms with van der Waals surface area (Å²) in [7, 11) is -3.85. The second kappa shape index (κ2) is 6.10. The quantitative estimate of drug-likeness (QED) is 0.549. The highest BCUT2D eigenvalue weighted by atomic mass is 32.2. The Morgan fingerprint density at radius 1 is 1.00 bits per heavy atom. The van der Waals surface area contributed by atoms with Crippen molar-refractivity contribution in [3.8, 4) is 5.75 Å². The van der Waals surface area contributed by atoms with E-state index in [2.05, 4.69) is 0 Å². The number of sulfonamides is 1. The zero-order valence-electron chi connectivity index (χ0n) is 14.0. The van der Waals surface area contributed by atoms with Crippen LogP contribution in [0.15, 0.2) is 65.6 Å². The van der Waals surface area contributed by atoms with E-state index in [1.54, 1.807) is 18.2 Å². The molecule has 7 nitrogen and oxygen atoms in total. The number of rotatable bonds is 4. The molecule has 0 aliphatic carbocycles. The van der Waals surface area contributed by atoms with Gasteiger partial charge in [0, 0.05) is 10.9 Å². The van der Waals surface area contributed by atoms with Gasteiger partial charge >= 0.3 is 5.97 Å². The lowest BCUT2D eigenvalue weighted by Gasteiger charge is -2.17. The molecule has 4 rings (SSSR count). The van der Waals surface area contributed by atoms with Crippen molar-refractivity contribution in [1.29, 1.82) is 0 Å². The number of hydrogen-bond acceptors (Lipinski definition) is 5. The highest BCUT2D eigenvalue weighted by molar-refractivity contribution is 7.93. The van der Waals surface area contributed by atoms with Gasteiger partial charge in [-0.15, -0.1) is 0 Å². The van der Waals surface area contributed by atoms with E-state index in [1.807, 2.05) is 12.1 Å². The number of nitrogens with two attached hydrogens (primary N) is 1. The van der Waals surface area contributed by atoms with Crippen LogP contribution in [0, 0.1) is 0 Å². The summed E-state index contributed by atoms with van der Waals surface area (Å²) in [5.41, 5.74) is 5.83. The number of nitrogens with zero attached hydrogens (tertiary/aromatic N) is 1. The van der Waals surface area contributed by atoms with Crippen LogP contribution in [0.2, 0.25) is 0 Å². The van der Waals surface area contributed by atoms with Gasteiger partial charge < -0.3 is 10.5 Å². The van der Waals surface area contributed by atoms with Crippen molar-refractivity contribution in [3.63, 3.8) is 0 Å². The summed E-state index contributed by atoms with van der Waals surface area (Å²) in [4.78, 5) is 23.8. The largest absolute Gasteiger partial charge is 0.425 e. The summed E-state index contributed by atoms with van der Waals surface area (Å²) in [6, 6.07) is 16.0. The molecule has 0 saturated heterocycles. The van der Waals surface area contributed by atoms with E-state index in [4.69, 9.17) is 10.5 Å². The molecule has 0 fully saturated rings. The molecular weight excluding hydrogens is 368 g/mol. The number of ether oxygens (including phenoxy) is 1. The third kappa shape index (κ3) is 2.80. The van der Waals surface area contributed by atoms with Crippen LogP contribution >= 0.6 is 0 Å². The molecule has 1 aliphatic rings. The number of anilines is 1. The number of primary amides is 1. The normalized spacial score (nSPS) is 14.3. The van der Waals surface area contributed by atoms with E-state index in [9.17, 15) is 18.0 Å². The van der Waals surface area contributed by atoms with Gasteiger partial charge in [0.1, 0.15) is 12.3 Å². The SMILES string of the molecule is NC(=O)c1cccc(OC(=O)CN2c3cccc4cccc(c34)S2(=O)=O)c1. The van der Waals surface area contributed by atoms with Crippen LogP contribution in [0.3, 0.4) is 0 Å². The van der Waals surface area contributed by atoms with Crippen molar-refractivity contribution in [2.45, 2.75) is 4.90 Å². The lowest BCUT2D eigenvalue weighted by molar-refractivity contribution is -0.132. The lowest BCUT2D eigenvalue weighted by atomic mass is 10.1. The molecule has 1 aliphatic heterocycles. The van der Waals surface area contributed by atoms with E-state index in [-0.39, 0.29) is 16.2 Å². The molecule has 0 unspecified atom stereocenters. The minimum atomic E-state index is -3.85. The molecule has 136 valence electrons. The number of benzene rings is 3. The number of amides is 1. The van der Waals surface area contributed by atoms with E-state index < -0.39 is 28.4 Å². The van der Waals surface area contributed by atoms with Crippen LogP contribution in [-0.4, -0.2) is 26.8 Å². The molecule has 0 bridgehead atoms. The lowest BCUT2D eigenvalue weighted by Crippen LogP contribution is -2.34. The summed E-state index contributed by atoms with van der Waals surface area (Å²) in [6.45, 7) is -0.489. The van der Waals surface area contributed by atoms with E-state index in [0.717, 1.165) is 9.69 Å². The maximum Gasteiger partial charge on any atom is 0.332 e. The standard InChI is InChI=1S/C19H14N2O5S/c20-19(23)13-6-1-7-14(10-13)26-17(22)11-21-15-8-2-4-12-5-3-9-16(18(12)15)27(21,24)25/h1-10H,11H2,(H2,20,23). The Balaban J connectivity index is 1.64. The van der Waals surface area contributed by atoms with Crippen molar-refractivity contribution >= 4 is 38.4 Å². The van der Waals surface area contributed by atoms with Crippen LogP contribution in [0.1, 0.15) is 10.4 Å². The molecule has 1 amide bonds. The van der Waals surface area contributed by atoms with Crippen molar-refractivity contribution in [1.82, 2.24) is 0 Å². The first-order valence-electron chi connectivity index (χ1n) is 8.03.